The molecular weight excluding hydrogens is 168 g/mol. The van der Waals surface area contributed by atoms with Crippen molar-refractivity contribution in [1.82, 2.24) is 4.90 Å². The second-order valence-corrected chi connectivity index (χ2v) is 3.31. The van der Waals surface area contributed by atoms with Gasteiger partial charge in [-0.15, -0.1) is 0 Å². The summed E-state index contributed by atoms with van der Waals surface area (Å²) >= 11 is 0. The molecule has 0 aliphatic heterocycles. The fourth-order valence-electron chi connectivity index (χ4n) is 1.26. The molecule has 0 aromatic carbocycles. The summed E-state index contributed by atoms with van der Waals surface area (Å²) in [6.07, 6.45) is 0. The summed E-state index contributed by atoms with van der Waals surface area (Å²) in [6.45, 7) is 4.11. The molecule has 0 radical (unpaired) electrons. The van der Waals surface area contributed by atoms with Gasteiger partial charge in [0.25, 0.3) is 0 Å². The van der Waals surface area contributed by atoms with Gasteiger partial charge in [-0.2, -0.15) is 0 Å². The lowest BCUT2D eigenvalue weighted by atomic mass is 10.2. The Morgan fingerprint density at radius 3 is 2.15 bits per heavy atom. The molecule has 2 unspecified atom stereocenters. The highest BCUT2D eigenvalue weighted by atomic mass is 16.5. The topological polar surface area (TPSA) is 47.7 Å². The van der Waals surface area contributed by atoms with E-state index >= 15 is 0 Å². The van der Waals surface area contributed by atoms with E-state index in [-0.39, 0.29) is 6.04 Å². The zero-order valence-corrected chi connectivity index (χ0v) is 9.12. The van der Waals surface area contributed by atoms with Gasteiger partial charge >= 0.3 is 0 Å². The van der Waals surface area contributed by atoms with Gasteiger partial charge in [-0.1, -0.05) is 0 Å². The van der Waals surface area contributed by atoms with Crippen molar-refractivity contribution in [2.75, 3.05) is 41.0 Å². The lowest BCUT2D eigenvalue weighted by Gasteiger charge is -2.31. The Hall–Kier alpha value is -0.160. The third-order valence-corrected chi connectivity index (χ3v) is 2.31. The van der Waals surface area contributed by atoms with Crippen molar-refractivity contribution < 1.29 is 9.47 Å². The maximum absolute atomic E-state index is 5.63. The number of nitrogens with zero attached hydrogens (tertiary/aromatic N) is 1. The quantitative estimate of drug-likeness (QED) is 0.610. The minimum absolute atomic E-state index is 0.273. The van der Waals surface area contributed by atoms with Crippen LogP contribution in [-0.4, -0.2) is 58.0 Å². The van der Waals surface area contributed by atoms with Gasteiger partial charge in [0.15, 0.2) is 0 Å². The van der Waals surface area contributed by atoms with Crippen molar-refractivity contribution in [3.63, 3.8) is 0 Å². The van der Waals surface area contributed by atoms with Crippen LogP contribution in [0.5, 0.6) is 0 Å². The van der Waals surface area contributed by atoms with Crippen LogP contribution in [0.25, 0.3) is 0 Å². The van der Waals surface area contributed by atoms with E-state index in [0.717, 1.165) is 6.61 Å². The molecule has 0 heterocycles. The summed E-state index contributed by atoms with van der Waals surface area (Å²) in [6, 6.07) is 0.642. The molecule has 0 rings (SSSR count). The second kappa shape index (κ2) is 7.26. The minimum Gasteiger partial charge on any atom is -0.383 e. The third kappa shape index (κ3) is 4.57. The molecule has 0 fully saturated rings. The first-order chi connectivity index (χ1) is 6.17. The van der Waals surface area contributed by atoms with E-state index in [1.165, 1.54) is 0 Å². The molecule has 0 saturated carbocycles. The summed E-state index contributed by atoms with van der Waals surface area (Å²) in [7, 11) is 5.44. The highest BCUT2D eigenvalue weighted by molar-refractivity contribution is 4.73. The van der Waals surface area contributed by atoms with Gasteiger partial charge in [-0.05, 0) is 14.0 Å². The van der Waals surface area contributed by atoms with Crippen LogP contribution in [0.3, 0.4) is 0 Å². The van der Waals surface area contributed by atoms with Crippen molar-refractivity contribution in [3.05, 3.63) is 0 Å². The van der Waals surface area contributed by atoms with Crippen LogP contribution in [0.15, 0.2) is 0 Å². The van der Waals surface area contributed by atoms with E-state index in [2.05, 4.69) is 11.8 Å². The average Bonchev–Trinajstić information content (AvgIpc) is 2.13. The molecule has 0 bridgehead atoms. The summed E-state index contributed by atoms with van der Waals surface area (Å²) in [4.78, 5) is 2.19. The van der Waals surface area contributed by atoms with E-state index in [0.29, 0.717) is 19.2 Å². The van der Waals surface area contributed by atoms with Crippen LogP contribution in [-0.2, 0) is 9.47 Å². The zero-order valence-electron chi connectivity index (χ0n) is 9.12. The van der Waals surface area contributed by atoms with Crippen LogP contribution < -0.4 is 5.73 Å². The number of nitrogens with two attached hydrogens (primary N) is 1. The van der Waals surface area contributed by atoms with Crippen molar-refractivity contribution in [3.8, 4) is 0 Å². The molecule has 0 aliphatic rings. The largest absolute Gasteiger partial charge is 0.383 e. The monoisotopic (exact) mass is 190 g/mol. The van der Waals surface area contributed by atoms with E-state index in [9.17, 15) is 0 Å². The molecule has 0 aromatic heterocycles. The van der Waals surface area contributed by atoms with Crippen LogP contribution in [0.4, 0.5) is 0 Å². The number of rotatable bonds is 7. The van der Waals surface area contributed by atoms with Crippen molar-refractivity contribution >= 4 is 0 Å². The number of hydrogen-bond donors (Lipinski definition) is 1. The molecule has 4 heteroatoms. The maximum Gasteiger partial charge on any atom is 0.0630 e. The molecule has 0 aromatic rings. The second-order valence-electron chi connectivity index (χ2n) is 3.31. The normalized spacial score (nSPS) is 16.2. The van der Waals surface area contributed by atoms with Gasteiger partial charge in [-0.25, -0.2) is 0 Å². The Morgan fingerprint density at radius 2 is 1.77 bits per heavy atom. The third-order valence-electron chi connectivity index (χ3n) is 2.31. The number of likely N-dealkylation sites (N-methyl/N-ethyl adjacent to an activating group) is 1. The standard InChI is InChI=1S/C9H22N2O2/c1-8(6-12-3)11(2)9(5-10)7-13-4/h8-9H,5-7,10H2,1-4H3. The summed E-state index contributed by atoms with van der Waals surface area (Å²) < 4.78 is 10.2. The number of hydrogen-bond acceptors (Lipinski definition) is 4. The first-order valence-corrected chi connectivity index (χ1v) is 4.57. The number of ether oxygens (including phenoxy) is 2. The van der Waals surface area contributed by atoms with E-state index in [1.807, 2.05) is 7.05 Å². The molecule has 2 atom stereocenters. The van der Waals surface area contributed by atoms with Crippen molar-refractivity contribution in [2.24, 2.45) is 5.73 Å². The smallest absolute Gasteiger partial charge is 0.0630 e. The lowest BCUT2D eigenvalue weighted by molar-refractivity contribution is 0.0534. The van der Waals surface area contributed by atoms with Gasteiger partial charge in [0.2, 0.25) is 0 Å². The fraction of sp³-hybridized carbons (Fsp3) is 1.00. The predicted molar refractivity (Wildman–Crippen MR) is 53.8 cm³/mol. The Kier molecular flexibility index (Phi) is 7.17. The average molecular weight is 190 g/mol. The molecule has 80 valence electrons. The predicted octanol–water partition coefficient (Wildman–Crippen LogP) is -0.0732. The van der Waals surface area contributed by atoms with Gasteiger partial charge in [-0.3, -0.25) is 4.90 Å². The minimum atomic E-state index is 0.273. The molecule has 0 spiro atoms. The molecule has 2 N–H and O–H groups in total. The molecular formula is C9H22N2O2. The Labute approximate surface area is 81.0 Å². The van der Waals surface area contributed by atoms with Crippen LogP contribution >= 0.6 is 0 Å². The summed E-state index contributed by atoms with van der Waals surface area (Å²) in [5.74, 6) is 0. The van der Waals surface area contributed by atoms with Gasteiger partial charge in [0, 0.05) is 32.8 Å². The van der Waals surface area contributed by atoms with Crippen LogP contribution in [0, 0.1) is 0 Å². The van der Waals surface area contributed by atoms with E-state index in [1.54, 1.807) is 14.2 Å². The molecule has 0 saturated heterocycles. The zero-order chi connectivity index (χ0) is 10.3. The van der Waals surface area contributed by atoms with Crippen LogP contribution in [0.2, 0.25) is 0 Å². The van der Waals surface area contributed by atoms with E-state index in [4.69, 9.17) is 15.2 Å². The van der Waals surface area contributed by atoms with Gasteiger partial charge < -0.3 is 15.2 Å². The highest BCUT2D eigenvalue weighted by Crippen LogP contribution is 2.02. The molecule has 0 amide bonds. The summed E-state index contributed by atoms with van der Waals surface area (Å²) in [5.41, 5.74) is 5.63. The Balaban J connectivity index is 3.94. The number of methoxy groups -OCH3 is 2. The first kappa shape index (κ1) is 12.8. The highest BCUT2D eigenvalue weighted by Gasteiger charge is 2.17. The Morgan fingerprint density at radius 1 is 1.23 bits per heavy atom. The Bertz CT molecular complexity index is 122. The first-order valence-electron chi connectivity index (χ1n) is 4.57. The SMILES string of the molecule is COCC(C)N(C)C(CN)COC. The molecule has 13 heavy (non-hydrogen) atoms. The van der Waals surface area contributed by atoms with Crippen molar-refractivity contribution in [2.45, 2.75) is 19.0 Å². The lowest BCUT2D eigenvalue weighted by Crippen LogP contribution is -2.47. The van der Waals surface area contributed by atoms with Crippen LogP contribution in [0.1, 0.15) is 6.92 Å². The maximum atomic E-state index is 5.63. The fourth-order valence-corrected chi connectivity index (χ4v) is 1.26. The van der Waals surface area contributed by atoms with Gasteiger partial charge in [0.1, 0.15) is 0 Å². The van der Waals surface area contributed by atoms with Gasteiger partial charge in [0.05, 0.1) is 13.2 Å². The van der Waals surface area contributed by atoms with Crippen molar-refractivity contribution in [1.29, 1.82) is 0 Å². The molecule has 4 nitrogen and oxygen atoms in total. The molecule has 0 aliphatic carbocycles. The summed E-state index contributed by atoms with van der Waals surface area (Å²) in [5, 5.41) is 0. The van der Waals surface area contributed by atoms with E-state index < -0.39 is 0 Å².